The highest BCUT2D eigenvalue weighted by molar-refractivity contribution is 7.98. The number of hydrogen-bond acceptors (Lipinski definition) is 4. The Labute approximate surface area is 182 Å². The van der Waals surface area contributed by atoms with Gasteiger partial charge in [-0.25, -0.2) is 4.79 Å². The maximum absolute atomic E-state index is 12.8. The van der Waals surface area contributed by atoms with E-state index >= 15 is 0 Å². The summed E-state index contributed by atoms with van der Waals surface area (Å²) in [5.41, 5.74) is 0. The first-order valence-electron chi connectivity index (χ1n) is 10.7. The molecule has 0 aromatic heterocycles. The third-order valence-electron chi connectivity index (χ3n) is 6.53. The summed E-state index contributed by atoms with van der Waals surface area (Å²) in [6, 6.07) is -0.636. The molecule has 4 atom stereocenters. The number of thioether (sulfide) groups is 1. The van der Waals surface area contributed by atoms with Crippen molar-refractivity contribution in [1.82, 2.24) is 10.6 Å². The number of carbonyl (C=O) groups is 2. The number of hydrogen-bond donors (Lipinski definition) is 3. The highest BCUT2D eigenvalue weighted by Crippen LogP contribution is 2.40. The van der Waals surface area contributed by atoms with Crippen molar-refractivity contribution in [2.75, 3.05) is 12.0 Å². The van der Waals surface area contributed by atoms with Crippen LogP contribution in [-0.4, -0.2) is 55.6 Å². The molecule has 0 aliphatic heterocycles. The molecule has 29 heavy (non-hydrogen) atoms. The van der Waals surface area contributed by atoms with Gasteiger partial charge in [0.05, 0.1) is 0 Å². The van der Waals surface area contributed by atoms with Gasteiger partial charge in [0.15, 0.2) is 8.32 Å². The molecule has 1 aliphatic rings. The van der Waals surface area contributed by atoms with Crippen molar-refractivity contribution in [3.05, 3.63) is 0 Å². The van der Waals surface area contributed by atoms with Crippen LogP contribution in [0.15, 0.2) is 0 Å². The van der Waals surface area contributed by atoms with E-state index in [1.54, 1.807) is 11.8 Å². The predicted molar refractivity (Wildman–Crippen MR) is 124 cm³/mol. The summed E-state index contributed by atoms with van der Waals surface area (Å²) in [5.74, 6) is 1.27. The Hall–Kier alpha value is -0.733. The molecule has 0 heterocycles. The van der Waals surface area contributed by atoms with E-state index in [9.17, 15) is 9.59 Å². The van der Waals surface area contributed by atoms with Gasteiger partial charge >= 0.3 is 6.09 Å². The summed E-state index contributed by atoms with van der Waals surface area (Å²) in [6.45, 7) is 15.7. The topological polar surface area (TPSA) is 87.7 Å². The first kappa shape index (κ1) is 26.3. The fourth-order valence-corrected chi connectivity index (χ4v) is 5.59. The Balaban J connectivity index is 2.80. The molecule has 0 bridgehead atoms. The van der Waals surface area contributed by atoms with Crippen LogP contribution in [0.3, 0.4) is 0 Å². The minimum Gasteiger partial charge on any atom is -0.465 e. The van der Waals surface area contributed by atoms with Crippen molar-refractivity contribution in [1.29, 1.82) is 0 Å². The van der Waals surface area contributed by atoms with Crippen LogP contribution in [-0.2, 0) is 9.22 Å². The lowest BCUT2D eigenvalue weighted by molar-refractivity contribution is -0.124. The van der Waals surface area contributed by atoms with Crippen LogP contribution < -0.4 is 10.6 Å². The Morgan fingerprint density at radius 2 is 1.86 bits per heavy atom. The van der Waals surface area contributed by atoms with E-state index in [1.807, 2.05) is 6.26 Å². The molecule has 0 saturated heterocycles. The van der Waals surface area contributed by atoms with Crippen LogP contribution in [0.4, 0.5) is 4.79 Å². The van der Waals surface area contributed by atoms with Gasteiger partial charge in [0, 0.05) is 12.1 Å². The first-order valence-corrected chi connectivity index (χ1v) is 15.0. The van der Waals surface area contributed by atoms with Crippen molar-refractivity contribution in [2.24, 2.45) is 11.8 Å². The lowest BCUT2D eigenvalue weighted by Gasteiger charge is -2.44. The summed E-state index contributed by atoms with van der Waals surface area (Å²) < 4.78 is 6.66. The van der Waals surface area contributed by atoms with Crippen LogP contribution in [0.1, 0.15) is 60.3 Å². The maximum Gasteiger partial charge on any atom is 0.405 e. The number of amides is 2. The normalized spacial score (nSPS) is 24.2. The van der Waals surface area contributed by atoms with E-state index in [1.165, 1.54) is 0 Å². The molecular weight excluding hydrogens is 404 g/mol. The molecule has 0 aromatic carbocycles. The zero-order chi connectivity index (χ0) is 22.4. The average molecular weight is 447 g/mol. The van der Waals surface area contributed by atoms with Crippen LogP contribution in [0, 0.1) is 11.8 Å². The lowest BCUT2D eigenvalue weighted by atomic mass is 9.76. The molecule has 6 nitrogen and oxygen atoms in total. The Kier molecular flexibility index (Phi) is 10.0. The van der Waals surface area contributed by atoms with E-state index in [-0.39, 0.29) is 23.1 Å². The monoisotopic (exact) mass is 446 g/mol. The van der Waals surface area contributed by atoms with Crippen LogP contribution in [0.25, 0.3) is 0 Å². The van der Waals surface area contributed by atoms with Gasteiger partial charge in [-0.2, -0.15) is 11.8 Å². The largest absolute Gasteiger partial charge is 0.465 e. The summed E-state index contributed by atoms with van der Waals surface area (Å²) in [6.07, 6.45) is 4.28. The van der Waals surface area contributed by atoms with Gasteiger partial charge in [0.1, 0.15) is 6.04 Å². The molecule has 1 fully saturated rings. The SMILES string of the molecule is CSCC[C@H](NC(=O)O)C(=O)N[C@H]1CC[C@@H](O[Si](C)(C)C(C)(C)C)C[C@H]1C(C)C. The summed E-state index contributed by atoms with van der Waals surface area (Å²) in [5, 5.41) is 14.8. The molecule has 170 valence electrons. The average Bonchev–Trinajstić information content (AvgIpc) is 2.58. The molecule has 1 aliphatic carbocycles. The summed E-state index contributed by atoms with van der Waals surface area (Å²) >= 11 is 1.61. The molecule has 0 radical (unpaired) electrons. The van der Waals surface area contributed by atoms with Crippen molar-refractivity contribution in [3.63, 3.8) is 0 Å². The van der Waals surface area contributed by atoms with E-state index in [0.717, 1.165) is 25.0 Å². The second-order valence-electron chi connectivity index (χ2n) is 10.1. The minimum absolute atomic E-state index is 0.0640. The fourth-order valence-electron chi connectivity index (χ4n) is 3.72. The second kappa shape index (κ2) is 11.0. The maximum atomic E-state index is 12.8. The Morgan fingerprint density at radius 3 is 2.34 bits per heavy atom. The Bertz CT molecular complexity index is 551. The highest BCUT2D eigenvalue weighted by Gasteiger charge is 2.42. The van der Waals surface area contributed by atoms with Gasteiger partial charge in [-0.1, -0.05) is 34.6 Å². The van der Waals surface area contributed by atoms with Crippen molar-refractivity contribution in [2.45, 2.75) is 96.6 Å². The van der Waals surface area contributed by atoms with Crippen LogP contribution in [0.5, 0.6) is 0 Å². The van der Waals surface area contributed by atoms with Gasteiger partial charge < -0.3 is 20.2 Å². The summed E-state index contributed by atoms with van der Waals surface area (Å²) in [4.78, 5) is 23.9. The smallest absolute Gasteiger partial charge is 0.405 e. The zero-order valence-electron chi connectivity index (χ0n) is 19.5. The van der Waals surface area contributed by atoms with E-state index in [2.05, 4.69) is 58.3 Å². The molecule has 0 spiro atoms. The molecule has 0 aromatic rings. The van der Waals surface area contributed by atoms with E-state index in [4.69, 9.17) is 9.53 Å². The predicted octanol–water partition coefficient (Wildman–Crippen LogP) is 4.71. The number of carbonyl (C=O) groups excluding carboxylic acids is 1. The molecule has 8 heteroatoms. The van der Waals surface area contributed by atoms with Crippen LogP contribution in [0.2, 0.25) is 18.1 Å². The molecule has 1 saturated carbocycles. The van der Waals surface area contributed by atoms with Gasteiger partial charge in [0.2, 0.25) is 5.91 Å². The quantitative estimate of drug-likeness (QED) is 0.447. The molecule has 3 N–H and O–H groups in total. The van der Waals surface area contributed by atoms with Crippen molar-refractivity contribution < 1.29 is 19.1 Å². The lowest BCUT2D eigenvalue weighted by Crippen LogP contribution is -2.54. The molecule has 0 unspecified atom stereocenters. The molecular formula is C21H42N2O4SSi. The fraction of sp³-hybridized carbons (Fsp3) is 0.905. The zero-order valence-corrected chi connectivity index (χ0v) is 21.3. The number of rotatable bonds is 9. The van der Waals surface area contributed by atoms with Gasteiger partial charge in [-0.05, 0) is 67.7 Å². The van der Waals surface area contributed by atoms with E-state index in [0.29, 0.717) is 18.3 Å². The van der Waals surface area contributed by atoms with Crippen LogP contribution >= 0.6 is 11.8 Å². The molecule has 2 amide bonds. The highest BCUT2D eigenvalue weighted by atomic mass is 32.2. The number of nitrogens with one attached hydrogen (secondary N) is 2. The molecule has 1 rings (SSSR count). The Morgan fingerprint density at radius 1 is 1.24 bits per heavy atom. The third kappa shape index (κ3) is 8.13. The van der Waals surface area contributed by atoms with Gasteiger partial charge in [0.25, 0.3) is 0 Å². The first-order chi connectivity index (χ1) is 13.3. The van der Waals surface area contributed by atoms with Crippen molar-refractivity contribution >= 4 is 32.1 Å². The van der Waals surface area contributed by atoms with Gasteiger partial charge in [-0.3, -0.25) is 4.79 Å². The van der Waals surface area contributed by atoms with E-state index < -0.39 is 20.5 Å². The number of carboxylic acid groups (broad SMARTS) is 1. The summed E-state index contributed by atoms with van der Waals surface area (Å²) in [7, 11) is -1.83. The van der Waals surface area contributed by atoms with Crippen molar-refractivity contribution in [3.8, 4) is 0 Å². The van der Waals surface area contributed by atoms with Gasteiger partial charge in [-0.15, -0.1) is 0 Å². The standard InChI is InChI=1S/C21H42N2O4SSi/c1-14(2)16-13-15(27-29(7,8)21(3,4)5)9-10-17(16)22-19(24)18(11-12-28-6)23-20(25)26/h14-18,23H,9-13H2,1-8H3,(H,22,24)(H,25,26)/t15-,16+,17+,18+/m1/s1. The minimum atomic E-state index is -1.83. The third-order valence-corrected chi connectivity index (χ3v) is 11.7. The second-order valence-corrected chi connectivity index (χ2v) is 15.9.